The van der Waals surface area contributed by atoms with Gasteiger partial charge in [-0.05, 0) is 61.0 Å². The van der Waals surface area contributed by atoms with Gasteiger partial charge in [-0.15, -0.1) is 0 Å². The third-order valence-electron chi connectivity index (χ3n) is 4.99. The van der Waals surface area contributed by atoms with Crippen molar-refractivity contribution in [2.24, 2.45) is 4.99 Å². The Morgan fingerprint density at radius 2 is 1.64 bits per heavy atom. The Bertz CT molecular complexity index is 1010. The number of benzene rings is 3. The lowest BCUT2D eigenvalue weighted by Gasteiger charge is -2.28. The summed E-state index contributed by atoms with van der Waals surface area (Å²) in [5.74, 6) is 0.805. The van der Waals surface area contributed by atoms with E-state index in [1.807, 2.05) is 83.8 Å². The van der Waals surface area contributed by atoms with E-state index in [1.165, 1.54) is 0 Å². The van der Waals surface area contributed by atoms with Crippen LogP contribution in [0.2, 0.25) is 0 Å². The second kappa shape index (κ2) is 7.69. The lowest BCUT2D eigenvalue weighted by atomic mass is 10.0. The van der Waals surface area contributed by atoms with Crippen LogP contribution in [0.5, 0.6) is 5.75 Å². The summed E-state index contributed by atoms with van der Waals surface area (Å²) >= 11 is 0. The third-order valence-corrected chi connectivity index (χ3v) is 4.99. The van der Waals surface area contributed by atoms with Gasteiger partial charge in [-0.25, -0.2) is 0 Å². The number of rotatable bonds is 3. The van der Waals surface area contributed by atoms with Crippen LogP contribution in [-0.2, 0) is 0 Å². The van der Waals surface area contributed by atoms with Crippen LogP contribution < -0.4 is 9.64 Å². The molecule has 1 atom stereocenters. The van der Waals surface area contributed by atoms with E-state index >= 15 is 0 Å². The minimum Gasteiger partial charge on any atom is -0.497 e. The van der Waals surface area contributed by atoms with Gasteiger partial charge in [-0.3, -0.25) is 9.79 Å². The largest absolute Gasteiger partial charge is 0.497 e. The minimum absolute atomic E-state index is 0.00766. The lowest BCUT2D eigenvalue weighted by molar-refractivity contribution is 0.0979. The molecule has 0 fully saturated rings. The highest BCUT2D eigenvalue weighted by atomic mass is 16.5. The van der Waals surface area contributed by atoms with Crippen molar-refractivity contribution in [1.82, 2.24) is 0 Å². The van der Waals surface area contributed by atoms with Crippen LogP contribution >= 0.6 is 0 Å². The standard InChI is InChI=1S/C24H22N2O2/c1-17-16-22(18-12-14-20(28-2)15-13-18)25-21-10-6-7-11-23(21)26(17)24(27)19-8-4-3-5-9-19/h3-15,17H,16H2,1-2H3. The summed E-state index contributed by atoms with van der Waals surface area (Å²) in [6.45, 7) is 2.07. The summed E-state index contributed by atoms with van der Waals surface area (Å²) < 4.78 is 5.26. The zero-order valence-electron chi connectivity index (χ0n) is 16.0. The Hall–Kier alpha value is -3.40. The van der Waals surface area contributed by atoms with Crippen molar-refractivity contribution >= 4 is 23.0 Å². The number of methoxy groups -OCH3 is 1. The molecule has 1 unspecified atom stereocenters. The molecule has 28 heavy (non-hydrogen) atoms. The molecule has 1 amide bonds. The van der Waals surface area contributed by atoms with E-state index in [9.17, 15) is 4.79 Å². The highest BCUT2D eigenvalue weighted by molar-refractivity contribution is 6.11. The molecule has 4 nitrogen and oxygen atoms in total. The molecule has 3 aromatic carbocycles. The molecular formula is C24H22N2O2. The zero-order chi connectivity index (χ0) is 19.5. The Morgan fingerprint density at radius 3 is 2.36 bits per heavy atom. The van der Waals surface area contributed by atoms with Crippen molar-refractivity contribution < 1.29 is 9.53 Å². The van der Waals surface area contributed by atoms with Gasteiger partial charge in [0.25, 0.3) is 5.91 Å². The molecule has 0 saturated carbocycles. The van der Waals surface area contributed by atoms with E-state index in [2.05, 4.69) is 6.92 Å². The van der Waals surface area contributed by atoms with Crippen molar-refractivity contribution in [1.29, 1.82) is 0 Å². The van der Waals surface area contributed by atoms with Crippen molar-refractivity contribution in [3.63, 3.8) is 0 Å². The van der Waals surface area contributed by atoms with E-state index in [0.29, 0.717) is 12.0 Å². The van der Waals surface area contributed by atoms with Gasteiger partial charge in [0.15, 0.2) is 0 Å². The molecule has 0 spiro atoms. The van der Waals surface area contributed by atoms with E-state index in [4.69, 9.17) is 9.73 Å². The molecule has 3 aromatic rings. The van der Waals surface area contributed by atoms with Gasteiger partial charge in [-0.1, -0.05) is 30.3 Å². The number of ether oxygens (including phenoxy) is 1. The summed E-state index contributed by atoms with van der Waals surface area (Å²) in [6.07, 6.45) is 0.666. The fourth-order valence-electron chi connectivity index (χ4n) is 3.56. The van der Waals surface area contributed by atoms with Crippen LogP contribution in [0.15, 0.2) is 83.9 Å². The maximum Gasteiger partial charge on any atom is 0.258 e. The number of carbonyl (C=O) groups excluding carboxylic acids is 1. The number of carbonyl (C=O) groups is 1. The number of hydrogen-bond donors (Lipinski definition) is 0. The highest BCUT2D eigenvalue weighted by Crippen LogP contribution is 2.36. The predicted octanol–water partition coefficient (Wildman–Crippen LogP) is 5.26. The van der Waals surface area contributed by atoms with Crippen LogP contribution in [0.1, 0.15) is 29.3 Å². The molecule has 0 radical (unpaired) electrons. The fraction of sp³-hybridized carbons (Fsp3) is 0.167. The van der Waals surface area contributed by atoms with Gasteiger partial charge in [-0.2, -0.15) is 0 Å². The Balaban J connectivity index is 1.76. The third kappa shape index (κ3) is 3.41. The Kier molecular flexibility index (Phi) is 4.94. The molecule has 0 aromatic heterocycles. The number of nitrogens with zero attached hydrogens (tertiary/aromatic N) is 2. The van der Waals surface area contributed by atoms with Gasteiger partial charge in [0, 0.05) is 18.0 Å². The molecule has 1 aliphatic rings. The number of amides is 1. The Labute approximate surface area is 165 Å². The van der Waals surface area contributed by atoms with Crippen LogP contribution in [0.3, 0.4) is 0 Å². The average Bonchev–Trinajstić information content (AvgIpc) is 2.89. The van der Waals surface area contributed by atoms with E-state index < -0.39 is 0 Å². The average molecular weight is 370 g/mol. The number of anilines is 1. The molecule has 0 aliphatic carbocycles. The van der Waals surface area contributed by atoms with Crippen LogP contribution in [0.25, 0.3) is 0 Å². The SMILES string of the molecule is COc1ccc(C2=Nc3ccccc3N(C(=O)c3ccccc3)C(C)C2)cc1. The first-order chi connectivity index (χ1) is 13.7. The summed E-state index contributed by atoms with van der Waals surface area (Å²) in [6, 6.07) is 25.1. The molecule has 0 N–H and O–H groups in total. The summed E-state index contributed by atoms with van der Waals surface area (Å²) in [4.78, 5) is 20.1. The smallest absolute Gasteiger partial charge is 0.258 e. The van der Waals surface area contributed by atoms with Gasteiger partial charge in [0.1, 0.15) is 5.75 Å². The maximum absolute atomic E-state index is 13.3. The first kappa shape index (κ1) is 18.0. The fourth-order valence-corrected chi connectivity index (χ4v) is 3.56. The van der Waals surface area contributed by atoms with Crippen LogP contribution in [-0.4, -0.2) is 24.8 Å². The zero-order valence-corrected chi connectivity index (χ0v) is 16.0. The number of fused-ring (bicyclic) bond motifs is 1. The Morgan fingerprint density at radius 1 is 0.964 bits per heavy atom. The normalized spacial score (nSPS) is 16.0. The van der Waals surface area contributed by atoms with E-state index in [1.54, 1.807) is 7.11 Å². The van der Waals surface area contributed by atoms with Crippen LogP contribution in [0.4, 0.5) is 11.4 Å². The summed E-state index contributed by atoms with van der Waals surface area (Å²) in [5.41, 5.74) is 4.33. The molecule has 140 valence electrons. The van der Waals surface area contributed by atoms with Gasteiger partial charge < -0.3 is 9.64 Å². The van der Waals surface area contributed by atoms with Crippen LogP contribution in [0, 0.1) is 0 Å². The van der Waals surface area contributed by atoms with Crippen molar-refractivity contribution in [3.05, 3.63) is 90.0 Å². The van der Waals surface area contributed by atoms with Gasteiger partial charge in [0.2, 0.25) is 0 Å². The summed E-state index contributed by atoms with van der Waals surface area (Å²) in [5, 5.41) is 0. The van der Waals surface area contributed by atoms with Crippen molar-refractivity contribution in [3.8, 4) is 5.75 Å². The van der Waals surface area contributed by atoms with Gasteiger partial charge in [0.05, 0.1) is 24.2 Å². The topological polar surface area (TPSA) is 41.9 Å². The molecule has 0 saturated heterocycles. The number of aliphatic imine (C=N–C) groups is 1. The number of para-hydroxylation sites is 2. The van der Waals surface area contributed by atoms with Crippen molar-refractivity contribution in [2.75, 3.05) is 12.0 Å². The van der Waals surface area contributed by atoms with E-state index in [-0.39, 0.29) is 11.9 Å². The van der Waals surface area contributed by atoms with Crippen molar-refractivity contribution in [2.45, 2.75) is 19.4 Å². The molecule has 1 heterocycles. The first-order valence-electron chi connectivity index (χ1n) is 9.37. The second-order valence-corrected chi connectivity index (χ2v) is 6.87. The lowest BCUT2D eigenvalue weighted by Crippen LogP contribution is -2.39. The molecule has 4 heteroatoms. The molecule has 0 bridgehead atoms. The quantitative estimate of drug-likeness (QED) is 0.631. The number of hydrogen-bond acceptors (Lipinski definition) is 3. The minimum atomic E-state index is -0.0304. The molecule has 1 aliphatic heterocycles. The predicted molar refractivity (Wildman–Crippen MR) is 113 cm³/mol. The first-order valence-corrected chi connectivity index (χ1v) is 9.37. The molecular weight excluding hydrogens is 348 g/mol. The monoisotopic (exact) mass is 370 g/mol. The summed E-state index contributed by atoms with van der Waals surface area (Å²) in [7, 11) is 1.66. The maximum atomic E-state index is 13.3. The molecule has 4 rings (SSSR count). The second-order valence-electron chi connectivity index (χ2n) is 6.87. The van der Waals surface area contributed by atoms with Gasteiger partial charge >= 0.3 is 0 Å². The highest BCUT2D eigenvalue weighted by Gasteiger charge is 2.29. The van der Waals surface area contributed by atoms with E-state index in [0.717, 1.165) is 28.4 Å².